The van der Waals surface area contributed by atoms with Gasteiger partial charge in [0.2, 0.25) is 10.0 Å². The maximum Gasteiger partial charge on any atom is 0.246 e. The molecule has 0 saturated carbocycles. The molecular weight excluding hydrogens is 212 g/mol. The van der Waals surface area contributed by atoms with Gasteiger partial charge in [-0.2, -0.15) is 5.26 Å². The number of anilines is 1. The van der Waals surface area contributed by atoms with E-state index in [0.29, 0.717) is 5.69 Å². The Balaban J connectivity index is 2.78. The number of hydrogen-bond acceptors (Lipinski definition) is 3. The molecule has 1 N–H and O–H groups in total. The van der Waals surface area contributed by atoms with E-state index in [9.17, 15) is 8.42 Å². The van der Waals surface area contributed by atoms with Crippen molar-refractivity contribution in [1.29, 1.82) is 5.26 Å². The average molecular weight is 224 g/mol. The maximum atomic E-state index is 11.2. The summed E-state index contributed by atoms with van der Waals surface area (Å²) in [5.74, 6) is -0.525. The van der Waals surface area contributed by atoms with Crippen LogP contribution < -0.4 is 4.72 Å². The van der Waals surface area contributed by atoms with Gasteiger partial charge in [0.05, 0.1) is 6.07 Å². The predicted molar refractivity (Wildman–Crippen MR) is 58.8 cm³/mol. The summed E-state index contributed by atoms with van der Waals surface area (Å²) in [5.41, 5.74) is 1.63. The van der Waals surface area contributed by atoms with Crippen LogP contribution in [-0.4, -0.2) is 14.2 Å². The van der Waals surface area contributed by atoms with Crippen LogP contribution in [0.4, 0.5) is 5.69 Å². The Bertz CT molecular complexity index is 457. The fourth-order valence-electron chi connectivity index (χ4n) is 1.11. The zero-order valence-electron chi connectivity index (χ0n) is 8.40. The Morgan fingerprint density at radius 2 is 1.93 bits per heavy atom. The third-order valence-electron chi connectivity index (χ3n) is 1.89. The minimum Gasteiger partial charge on any atom is -0.283 e. The van der Waals surface area contributed by atoms with Crippen LogP contribution in [0.5, 0.6) is 0 Å². The number of hydrogen-bond donors (Lipinski definition) is 1. The molecule has 1 rings (SSSR count). The number of nitriles is 1. The SMILES string of the molecule is CCc1ccc(NS(=O)(=O)CC#N)cc1. The van der Waals surface area contributed by atoms with Crippen LogP contribution in [-0.2, 0) is 16.4 Å². The highest BCUT2D eigenvalue weighted by Crippen LogP contribution is 2.11. The highest BCUT2D eigenvalue weighted by molar-refractivity contribution is 7.92. The molecule has 0 saturated heterocycles. The molecule has 0 unspecified atom stereocenters. The van der Waals surface area contributed by atoms with Gasteiger partial charge < -0.3 is 0 Å². The first-order valence-corrected chi connectivity index (χ1v) is 6.19. The fraction of sp³-hybridized carbons (Fsp3) is 0.300. The number of sulfonamides is 1. The van der Waals surface area contributed by atoms with Gasteiger partial charge in [-0.1, -0.05) is 19.1 Å². The third-order valence-corrected chi connectivity index (χ3v) is 2.95. The molecule has 0 fully saturated rings. The number of nitrogens with zero attached hydrogens (tertiary/aromatic N) is 1. The van der Waals surface area contributed by atoms with Gasteiger partial charge in [-0.05, 0) is 24.1 Å². The van der Waals surface area contributed by atoms with E-state index >= 15 is 0 Å². The summed E-state index contributed by atoms with van der Waals surface area (Å²) in [6, 6.07) is 8.68. The molecule has 4 nitrogen and oxygen atoms in total. The summed E-state index contributed by atoms with van der Waals surface area (Å²) >= 11 is 0. The Hall–Kier alpha value is -1.54. The van der Waals surface area contributed by atoms with Crippen molar-refractivity contribution < 1.29 is 8.42 Å². The van der Waals surface area contributed by atoms with Crippen LogP contribution in [0.15, 0.2) is 24.3 Å². The van der Waals surface area contributed by atoms with E-state index in [1.54, 1.807) is 18.2 Å². The second-order valence-corrected chi connectivity index (χ2v) is 4.79. The zero-order chi connectivity index (χ0) is 11.3. The first kappa shape index (κ1) is 11.5. The van der Waals surface area contributed by atoms with Crippen molar-refractivity contribution in [2.45, 2.75) is 13.3 Å². The van der Waals surface area contributed by atoms with Gasteiger partial charge in [-0.25, -0.2) is 8.42 Å². The molecule has 0 amide bonds. The average Bonchev–Trinajstić information content (AvgIpc) is 2.18. The van der Waals surface area contributed by atoms with E-state index in [1.165, 1.54) is 0 Å². The molecule has 1 aromatic carbocycles. The Kier molecular flexibility index (Phi) is 3.69. The van der Waals surface area contributed by atoms with E-state index in [2.05, 4.69) is 4.72 Å². The van der Waals surface area contributed by atoms with Gasteiger partial charge >= 0.3 is 0 Å². The van der Waals surface area contributed by atoms with Gasteiger partial charge in [0.15, 0.2) is 5.75 Å². The standard InChI is InChI=1S/C10H12N2O2S/c1-2-9-3-5-10(6-4-9)12-15(13,14)8-7-11/h3-6,12H,2,8H2,1H3. The Labute approximate surface area is 89.6 Å². The summed E-state index contributed by atoms with van der Waals surface area (Å²) < 4.78 is 24.8. The van der Waals surface area contributed by atoms with E-state index in [-0.39, 0.29) is 0 Å². The molecule has 0 atom stereocenters. The summed E-state index contributed by atoms with van der Waals surface area (Å²) in [7, 11) is -3.52. The quantitative estimate of drug-likeness (QED) is 0.842. The molecule has 0 spiro atoms. The van der Waals surface area contributed by atoms with Crippen molar-refractivity contribution >= 4 is 15.7 Å². The lowest BCUT2D eigenvalue weighted by molar-refractivity contribution is 0.604. The summed E-state index contributed by atoms with van der Waals surface area (Å²) in [4.78, 5) is 0. The van der Waals surface area contributed by atoms with Crippen LogP contribution in [0.2, 0.25) is 0 Å². The van der Waals surface area contributed by atoms with E-state index in [1.807, 2.05) is 19.1 Å². The van der Waals surface area contributed by atoms with Crippen LogP contribution in [0.1, 0.15) is 12.5 Å². The topological polar surface area (TPSA) is 70.0 Å². The minimum atomic E-state index is -3.52. The van der Waals surface area contributed by atoms with Gasteiger partial charge in [0.1, 0.15) is 0 Å². The smallest absolute Gasteiger partial charge is 0.246 e. The van der Waals surface area contributed by atoms with Gasteiger partial charge in [0, 0.05) is 5.69 Å². The lowest BCUT2D eigenvalue weighted by Crippen LogP contribution is -2.15. The van der Waals surface area contributed by atoms with Crippen molar-refractivity contribution in [3.63, 3.8) is 0 Å². The molecule has 0 aliphatic heterocycles. The molecule has 80 valence electrons. The highest BCUT2D eigenvalue weighted by Gasteiger charge is 2.08. The molecule has 1 aromatic rings. The van der Waals surface area contributed by atoms with Crippen molar-refractivity contribution in [1.82, 2.24) is 0 Å². The number of rotatable bonds is 4. The van der Waals surface area contributed by atoms with E-state index in [4.69, 9.17) is 5.26 Å². The van der Waals surface area contributed by atoms with Crippen LogP contribution in [0, 0.1) is 11.3 Å². The van der Waals surface area contributed by atoms with Crippen molar-refractivity contribution in [3.05, 3.63) is 29.8 Å². The third kappa shape index (κ3) is 3.60. The summed E-state index contributed by atoms with van der Waals surface area (Å²) in [6.07, 6.45) is 0.908. The maximum absolute atomic E-state index is 11.2. The predicted octanol–water partition coefficient (Wildman–Crippen LogP) is 1.51. The second kappa shape index (κ2) is 4.80. The van der Waals surface area contributed by atoms with Gasteiger partial charge in [-0.3, -0.25) is 4.72 Å². The number of benzene rings is 1. The van der Waals surface area contributed by atoms with Crippen molar-refractivity contribution in [2.75, 3.05) is 10.5 Å². The normalized spacial score (nSPS) is 10.7. The molecule has 0 bridgehead atoms. The monoisotopic (exact) mass is 224 g/mol. The minimum absolute atomic E-state index is 0.488. The van der Waals surface area contributed by atoms with Crippen molar-refractivity contribution in [3.8, 4) is 6.07 Å². The molecular formula is C10H12N2O2S. The molecule has 5 heteroatoms. The van der Waals surface area contributed by atoms with Crippen LogP contribution in [0.25, 0.3) is 0 Å². The van der Waals surface area contributed by atoms with E-state index in [0.717, 1.165) is 12.0 Å². The lowest BCUT2D eigenvalue weighted by atomic mass is 10.2. The number of nitrogens with one attached hydrogen (secondary N) is 1. The Morgan fingerprint density at radius 3 is 2.40 bits per heavy atom. The molecule has 0 aromatic heterocycles. The van der Waals surface area contributed by atoms with Crippen LogP contribution >= 0.6 is 0 Å². The second-order valence-electron chi connectivity index (χ2n) is 3.07. The van der Waals surface area contributed by atoms with Gasteiger partial charge in [0.25, 0.3) is 0 Å². The fourth-order valence-corrected chi connectivity index (χ4v) is 1.85. The van der Waals surface area contributed by atoms with Crippen molar-refractivity contribution in [2.24, 2.45) is 0 Å². The summed E-state index contributed by atoms with van der Waals surface area (Å²) in [5, 5.41) is 8.29. The highest BCUT2D eigenvalue weighted by atomic mass is 32.2. The number of aryl methyl sites for hydroxylation is 1. The molecule has 0 radical (unpaired) electrons. The van der Waals surface area contributed by atoms with E-state index < -0.39 is 15.8 Å². The summed E-state index contributed by atoms with van der Waals surface area (Å²) in [6.45, 7) is 2.02. The van der Waals surface area contributed by atoms with Crippen LogP contribution in [0.3, 0.4) is 0 Å². The molecule has 0 aliphatic rings. The zero-order valence-corrected chi connectivity index (χ0v) is 9.21. The molecule has 0 heterocycles. The lowest BCUT2D eigenvalue weighted by Gasteiger charge is -2.05. The van der Waals surface area contributed by atoms with Gasteiger partial charge in [-0.15, -0.1) is 0 Å². The molecule has 15 heavy (non-hydrogen) atoms. The molecule has 0 aliphatic carbocycles. The Morgan fingerprint density at radius 1 is 1.33 bits per heavy atom. The largest absolute Gasteiger partial charge is 0.283 e. The first-order chi connectivity index (χ1) is 7.07. The first-order valence-electron chi connectivity index (χ1n) is 4.54.